The first kappa shape index (κ1) is 21.3. The van der Waals surface area contributed by atoms with E-state index in [1.54, 1.807) is 30.3 Å². The second-order valence-corrected chi connectivity index (χ2v) is 7.80. The highest BCUT2D eigenvalue weighted by atomic mass is 79.9. The van der Waals surface area contributed by atoms with E-state index in [9.17, 15) is 24.1 Å². The van der Waals surface area contributed by atoms with Crippen LogP contribution in [-0.2, 0) is 0 Å². The number of carbonyl (C=O) groups is 1. The molecule has 0 amide bonds. The number of allylic oxidation sites excluding steroid dienone is 1. The van der Waals surface area contributed by atoms with Crippen molar-refractivity contribution < 1.29 is 14.1 Å². The van der Waals surface area contributed by atoms with Crippen molar-refractivity contribution in [2.45, 2.75) is 0 Å². The van der Waals surface area contributed by atoms with Crippen molar-refractivity contribution in [2.75, 3.05) is 0 Å². The number of benzene rings is 3. The lowest BCUT2D eigenvalue weighted by Gasteiger charge is -2.12. The highest BCUT2D eigenvalue weighted by Crippen LogP contribution is 2.33. The molecule has 0 aliphatic rings. The van der Waals surface area contributed by atoms with Crippen LogP contribution in [0.2, 0.25) is 0 Å². The van der Waals surface area contributed by atoms with Crippen molar-refractivity contribution in [3.8, 4) is 11.1 Å². The van der Waals surface area contributed by atoms with Crippen LogP contribution >= 0.6 is 15.9 Å². The molecule has 6 nitrogen and oxygen atoms in total. The van der Waals surface area contributed by atoms with Gasteiger partial charge in [0.15, 0.2) is 5.78 Å². The summed E-state index contributed by atoms with van der Waals surface area (Å²) in [5.41, 5.74) is -0.216. The van der Waals surface area contributed by atoms with E-state index >= 15 is 0 Å². The molecule has 1 N–H and O–H groups in total. The minimum absolute atomic E-state index is 0.101. The Labute approximate surface area is 189 Å². The number of nitro benzene ring substituents is 1. The summed E-state index contributed by atoms with van der Waals surface area (Å²) in [4.78, 5) is 39.4. The number of H-pyrrole nitrogens is 1. The molecule has 8 heteroatoms. The zero-order chi connectivity index (χ0) is 22.8. The zero-order valence-corrected chi connectivity index (χ0v) is 17.9. The van der Waals surface area contributed by atoms with Gasteiger partial charge >= 0.3 is 0 Å². The van der Waals surface area contributed by atoms with Gasteiger partial charge in [-0.25, -0.2) is 4.39 Å². The molecular weight excluding hydrogens is 479 g/mol. The molecule has 1 heterocycles. The fraction of sp³-hybridized carbons (Fsp3) is 0. The van der Waals surface area contributed by atoms with Crippen LogP contribution in [0.3, 0.4) is 0 Å². The maximum atomic E-state index is 14.7. The third kappa shape index (κ3) is 4.00. The quantitative estimate of drug-likeness (QED) is 0.162. The molecule has 1 aromatic heterocycles. The Kier molecular flexibility index (Phi) is 5.79. The first-order valence-electron chi connectivity index (χ1n) is 9.43. The van der Waals surface area contributed by atoms with E-state index in [1.807, 2.05) is 0 Å². The second kappa shape index (κ2) is 8.68. The number of fused-ring (bicyclic) bond motifs is 1. The molecule has 0 radical (unpaired) electrons. The van der Waals surface area contributed by atoms with E-state index in [1.165, 1.54) is 42.5 Å². The minimum Gasteiger partial charge on any atom is -0.321 e. The number of nitrogens with one attached hydrogen (secondary N) is 1. The molecule has 32 heavy (non-hydrogen) atoms. The van der Waals surface area contributed by atoms with Gasteiger partial charge in [0.05, 0.1) is 16.1 Å². The standard InChI is InChI=1S/C24H14BrFN2O4/c25-15-10-11-19-17(13-15)22(16-6-2-3-7-18(16)26)23(24(30)27-19)21(29)12-9-14-5-1-4-8-20(14)28(31)32/h1-13H,(H,27,30)/b12-9+. The normalized spacial score (nSPS) is 11.2. The number of rotatable bonds is 5. The SMILES string of the molecule is O=C(/C=C/c1ccccc1[N+](=O)[O-])c1c(-c2ccccc2F)c2cc(Br)ccc2[nH]c1=O. The first-order valence-corrected chi connectivity index (χ1v) is 10.2. The van der Waals surface area contributed by atoms with Gasteiger partial charge in [-0.2, -0.15) is 0 Å². The van der Waals surface area contributed by atoms with Gasteiger partial charge in [0, 0.05) is 32.6 Å². The monoisotopic (exact) mass is 492 g/mol. The van der Waals surface area contributed by atoms with Crippen LogP contribution in [0, 0.1) is 15.9 Å². The molecule has 0 spiro atoms. The topological polar surface area (TPSA) is 93.1 Å². The molecular formula is C24H14BrFN2O4. The number of aromatic amines is 1. The Hall–Kier alpha value is -3.91. The highest BCUT2D eigenvalue weighted by Gasteiger charge is 2.22. The fourth-order valence-corrected chi connectivity index (χ4v) is 3.85. The van der Waals surface area contributed by atoms with Crippen LogP contribution in [0.1, 0.15) is 15.9 Å². The van der Waals surface area contributed by atoms with E-state index in [2.05, 4.69) is 20.9 Å². The Bertz CT molecular complexity index is 1480. The third-order valence-corrected chi connectivity index (χ3v) is 5.41. The Morgan fingerprint density at radius 3 is 2.53 bits per heavy atom. The van der Waals surface area contributed by atoms with E-state index < -0.39 is 22.1 Å². The van der Waals surface area contributed by atoms with Gasteiger partial charge < -0.3 is 4.98 Å². The number of carbonyl (C=O) groups excluding carboxylic acids is 1. The molecule has 158 valence electrons. The second-order valence-electron chi connectivity index (χ2n) is 6.89. The molecule has 3 aromatic carbocycles. The van der Waals surface area contributed by atoms with E-state index in [0.717, 1.165) is 6.08 Å². The van der Waals surface area contributed by atoms with Gasteiger partial charge in [0.2, 0.25) is 0 Å². The predicted molar refractivity (Wildman–Crippen MR) is 124 cm³/mol. The molecule has 0 aliphatic heterocycles. The Morgan fingerprint density at radius 1 is 1.06 bits per heavy atom. The van der Waals surface area contributed by atoms with Crippen LogP contribution in [0.15, 0.2) is 82.1 Å². The minimum atomic E-state index is -0.704. The van der Waals surface area contributed by atoms with Gasteiger partial charge in [-0.05, 0) is 42.5 Å². The molecule has 4 aromatic rings. The lowest BCUT2D eigenvalue weighted by Crippen LogP contribution is -2.19. The number of ketones is 1. The Balaban J connectivity index is 1.95. The number of nitro groups is 1. The lowest BCUT2D eigenvalue weighted by atomic mass is 9.93. The van der Waals surface area contributed by atoms with E-state index in [0.29, 0.717) is 15.4 Å². The van der Waals surface area contributed by atoms with Gasteiger partial charge in [0.1, 0.15) is 5.82 Å². The largest absolute Gasteiger partial charge is 0.321 e. The van der Waals surface area contributed by atoms with Crippen LogP contribution in [0.5, 0.6) is 0 Å². The number of aromatic nitrogens is 1. The van der Waals surface area contributed by atoms with Crippen molar-refractivity contribution in [2.24, 2.45) is 0 Å². The summed E-state index contributed by atoms with van der Waals surface area (Å²) < 4.78 is 15.4. The van der Waals surface area contributed by atoms with Crippen LogP contribution in [-0.4, -0.2) is 15.7 Å². The van der Waals surface area contributed by atoms with Crippen LogP contribution in [0.25, 0.3) is 28.1 Å². The molecule has 0 saturated carbocycles. The Morgan fingerprint density at radius 2 is 1.78 bits per heavy atom. The van der Waals surface area contributed by atoms with Crippen molar-refractivity contribution >= 4 is 44.4 Å². The third-order valence-electron chi connectivity index (χ3n) is 4.91. The average molecular weight is 493 g/mol. The maximum Gasteiger partial charge on any atom is 0.276 e. The van der Waals surface area contributed by atoms with Crippen molar-refractivity contribution in [3.63, 3.8) is 0 Å². The number of hydrogen-bond donors (Lipinski definition) is 1. The predicted octanol–water partition coefficient (Wildman–Crippen LogP) is 5.90. The van der Waals surface area contributed by atoms with E-state index in [-0.39, 0.29) is 27.9 Å². The van der Waals surface area contributed by atoms with Crippen LogP contribution < -0.4 is 5.56 Å². The molecule has 0 fully saturated rings. The summed E-state index contributed by atoms with van der Waals surface area (Å²) in [6, 6.07) is 16.8. The molecule has 0 saturated heterocycles. The van der Waals surface area contributed by atoms with Crippen molar-refractivity contribution in [1.29, 1.82) is 0 Å². The van der Waals surface area contributed by atoms with Crippen LogP contribution in [0.4, 0.5) is 10.1 Å². The number of para-hydroxylation sites is 1. The summed E-state index contributed by atoms with van der Waals surface area (Å²) in [5.74, 6) is -1.29. The lowest BCUT2D eigenvalue weighted by molar-refractivity contribution is -0.385. The first-order chi connectivity index (χ1) is 15.4. The highest BCUT2D eigenvalue weighted by molar-refractivity contribution is 9.10. The summed E-state index contributed by atoms with van der Waals surface area (Å²) in [6.45, 7) is 0. The molecule has 0 unspecified atom stereocenters. The number of hydrogen-bond acceptors (Lipinski definition) is 4. The van der Waals surface area contributed by atoms with Crippen molar-refractivity contribution in [3.05, 3.63) is 115 Å². The number of halogens is 2. The molecule has 0 atom stereocenters. The summed E-state index contributed by atoms with van der Waals surface area (Å²) in [7, 11) is 0. The summed E-state index contributed by atoms with van der Waals surface area (Å²) in [5, 5.41) is 11.7. The van der Waals surface area contributed by atoms with Gasteiger partial charge in [0.25, 0.3) is 11.2 Å². The smallest absolute Gasteiger partial charge is 0.276 e. The maximum absolute atomic E-state index is 14.7. The van der Waals surface area contributed by atoms with Gasteiger partial charge in [-0.15, -0.1) is 0 Å². The summed E-state index contributed by atoms with van der Waals surface area (Å²) >= 11 is 3.37. The number of pyridine rings is 1. The van der Waals surface area contributed by atoms with Gasteiger partial charge in [-0.1, -0.05) is 46.3 Å². The fourth-order valence-electron chi connectivity index (χ4n) is 3.49. The molecule has 0 aliphatic carbocycles. The average Bonchev–Trinajstić information content (AvgIpc) is 2.77. The molecule has 0 bridgehead atoms. The molecule has 4 rings (SSSR count). The zero-order valence-electron chi connectivity index (χ0n) is 16.3. The van der Waals surface area contributed by atoms with E-state index in [4.69, 9.17) is 0 Å². The van der Waals surface area contributed by atoms with Gasteiger partial charge in [-0.3, -0.25) is 19.7 Å². The number of nitrogens with zero attached hydrogens (tertiary/aromatic N) is 1. The van der Waals surface area contributed by atoms with Crippen molar-refractivity contribution in [1.82, 2.24) is 4.98 Å². The summed E-state index contributed by atoms with van der Waals surface area (Å²) in [6.07, 6.45) is 2.36.